The average molecular weight is 361 g/mol. The molecule has 2 N–H and O–H groups in total. The van der Waals surface area contributed by atoms with E-state index in [2.05, 4.69) is 31.0 Å². The molecule has 1 fully saturated rings. The molecule has 0 aliphatic heterocycles. The fourth-order valence-electron chi connectivity index (χ4n) is 3.67. The first-order valence-electron chi connectivity index (χ1n) is 9.07. The number of methoxy groups -OCH3 is 2. The predicted molar refractivity (Wildman–Crippen MR) is 105 cm³/mol. The van der Waals surface area contributed by atoms with Crippen LogP contribution >= 0.6 is 11.3 Å². The summed E-state index contributed by atoms with van der Waals surface area (Å²) in [6, 6.07) is 4.20. The van der Waals surface area contributed by atoms with Gasteiger partial charge in [0.25, 0.3) is 0 Å². The molecule has 4 nitrogen and oxygen atoms in total. The smallest absolute Gasteiger partial charge is 0.180 e. The number of nitrogens with zero attached hydrogens (tertiary/aromatic N) is 1. The lowest BCUT2D eigenvalue weighted by molar-refractivity contribution is 0.395. The van der Waals surface area contributed by atoms with Crippen molar-refractivity contribution in [3.63, 3.8) is 0 Å². The van der Waals surface area contributed by atoms with Gasteiger partial charge in [0.15, 0.2) is 5.13 Å². The van der Waals surface area contributed by atoms with Crippen molar-refractivity contribution >= 4 is 16.5 Å². The highest BCUT2D eigenvalue weighted by atomic mass is 32.1. The molecule has 0 unspecified atom stereocenters. The predicted octanol–water partition coefficient (Wildman–Crippen LogP) is 5.58. The van der Waals surface area contributed by atoms with Gasteiger partial charge in [-0.1, -0.05) is 33.1 Å². The third-order valence-corrected chi connectivity index (χ3v) is 6.12. The van der Waals surface area contributed by atoms with Crippen LogP contribution in [0.15, 0.2) is 12.1 Å². The number of nitrogens with two attached hydrogens (primary N) is 1. The Kier molecular flexibility index (Phi) is 5.52. The van der Waals surface area contributed by atoms with Crippen LogP contribution in [0.2, 0.25) is 0 Å². The average Bonchev–Trinajstić information content (AvgIpc) is 3.02. The van der Waals surface area contributed by atoms with Crippen molar-refractivity contribution in [2.75, 3.05) is 20.0 Å². The van der Waals surface area contributed by atoms with Gasteiger partial charge in [-0.05, 0) is 42.4 Å². The highest BCUT2D eigenvalue weighted by Crippen LogP contribution is 2.48. The number of aromatic nitrogens is 1. The van der Waals surface area contributed by atoms with Crippen molar-refractivity contribution in [2.45, 2.75) is 57.8 Å². The minimum atomic E-state index is 0.398. The summed E-state index contributed by atoms with van der Waals surface area (Å²) in [6.45, 7) is 4.34. The Morgan fingerprint density at radius 3 is 2.20 bits per heavy atom. The molecule has 25 heavy (non-hydrogen) atoms. The van der Waals surface area contributed by atoms with Crippen molar-refractivity contribution in [1.29, 1.82) is 0 Å². The van der Waals surface area contributed by atoms with E-state index in [1.54, 1.807) is 25.6 Å². The van der Waals surface area contributed by atoms with Crippen LogP contribution in [0.5, 0.6) is 11.5 Å². The van der Waals surface area contributed by atoms with E-state index in [0.29, 0.717) is 17.0 Å². The molecule has 1 aromatic heterocycles. The second-order valence-electron chi connectivity index (χ2n) is 7.06. The highest BCUT2D eigenvalue weighted by molar-refractivity contribution is 7.15. The van der Waals surface area contributed by atoms with Crippen LogP contribution in [-0.2, 0) is 0 Å². The SMILES string of the molecule is COc1cc(C(C)C)cc(OC)c1-c1nc(N)sc1C1CCCCC1. The number of hydrogen-bond acceptors (Lipinski definition) is 5. The minimum absolute atomic E-state index is 0.398. The fraction of sp³-hybridized carbons (Fsp3) is 0.550. The summed E-state index contributed by atoms with van der Waals surface area (Å²) in [5.74, 6) is 2.56. The Hall–Kier alpha value is -1.75. The molecule has 0 saturated heterocycles. The van der Waals surface area contributed by atoms with E-state index in [-0.39, 0.29) is 0 Å². The largest absolute Gasteiger partial charge is 0.496 e. The molecule has 1 heterocycles. The lowest BCUT2D eigenvalue weighted by Crippen LogP contribution is -2.05. The third kappa shape index (κ3) is 3.61. The summed E-state index contributed by atoms with van der Waals surface area (Å²) in [6.07, 6.45) is 6.31. The van der Waals surface area contributed by atoms with Gasteiger partial charge in [-0.2, -0.15) is 0 Å². The first kappa shape index (κ1) is 18.1. The van der Waals surface area contributed by atoms with Crippen molar-refractivity contribution in [2.24, 2.45) is 0 Å². The monoisotopic (exact) mass is 360 g/mol. The van der Waals surface area contributed by atoms with Gasteiger partial charge in [0.1, 0.15) is 11.5 Å². The van der Waals surface area contributed by atoms with E-state index < -0.39 is 0 Å². The molecule has 2 aromatic rings. The third-order valence-electron chi connectivity index (χ3n) is 5.08. The van der Waals surface area contributed by atoms with E-state index in [9.17, 15) is 0 Å². The van der Waals surface area contributed by atoms with Crippen LogP contribution in [0.4, 0.5) is 5.13 Å². The van der Waals surface area contributed by atoms with Crippen molar-refractivity contribution in [3.05, 3.63) is 22.6 Å². The molecule has 136 valence electrons. The van der Waals surface area contributed by atoms with Crippen LogP contribution < -0.4 is 15.2 Å². The normalized spacial score (nSPS) is 15.6. The minimum Gasteiger partial charge on any atom is -0.496 e. The van der Waals surface area contributed by atoms with Gasteiger partial charge in [-0.25, -0.2) is 4.98 Å². The molecule has 1 aromatic carbocycles. The maximum Gasteiger partial charge on any atom is 0.180 e. The second kappa shape index (κ2) is 7.65. The maximum atomic E-state index is 6.11. The van der Waals surface area contributed by atoms with E-state index in [1.807, 2.05) is 0 Å². The molecular weight excluding hydrogens is 332 g/mol. The van der Waals surface area contributed by atoms with Crippen LogP contribution in [0.25, 0.3) is 11.3 Å². The zero-order valence-corrected chi connectivity index (χ0v) is 16.4. The Morgan fingerprint density at radius 1 is 1.08 bits per heavy atom. The van der Waals surface area contributed by atoms with Gasteiger partial charge in [-0.3, -0.25) is 0 Å². The molecule has 0 amide bonds. The van der Waals surface area contributed by atoms with Crippen LogP contribution in [0.3, 0.4) is 0 Å². The van der Waals surface area contributed by atoms with Gasteiger partial charge in [0, 0.05) is 4.88 Å². The molecule has 1 aliphatic rings. The molecule has 3 rings (SSSR count). The molecule has 1 saturated carbocycles. The number of rotatable bonds is 5. The Labute approximate surface area is 154 Å². The van der Waals surface area contributed by atoms with Crippen LogP contribution in [-0.4, -0.2) is 19.2 Å². The van der Waals surface area contributed by atoms with Gasteiger partial charge >= 0.3 is 0 Å². The standard InChI is InChI=1S/C20H28N2O2S/c1-12(2)14-10-15(23-3)17(16(11-14)24-4)18-19(25-20(21)22-18)13-8-6-5-7-9-13/h10-13H,5-9H2,1-4H3,(H2,21,22). The Bertz CT molecular complexity index is 708. The zero-order chi connectivity index (χ0) is 18.0. The van der Waals surface area contributed by atoms with Crippen molar-refractivity contribution < 1.29 is 9.47 Å². The molecule has 0 bridgehead atoms. The highest BCUT2D eigenvalue weighted by Gasteiger charge is 2.27. The Balaban J connectivity index is 2.15. The summed E-state index contributed by atoms with van der Waals surface area (Å²) in [7, 11) is 3.41. The maximum absolute atomic E-state index is 6.11. The van der Waals surface area contributed by atoms with E-state index in [1.165, 1.54) is 42.5 Å². The zero-order valence-electron chi connectivity index (χ0n) is 15.6. The first-order chi connectivity index (χ1) is 12.0. The number of nitrogen functional groups attached to an aromatic ring is 1. The van der Waals surface area contributed by atoms with Crippen molar-refractivity contribution in [1.82, 2.24) is 4.98 Å². The number of hydrogen-bond donors (Lipinski definition) is 1. The summed E-state index contributed by atoms with van der Waals surface area (Å²) >= 11 is 1.62. The van der Waals surface area contributed by atoms with Crippen molar-refractivity contribution in [3.8, 4) is 22.8 Å². The van der Waals surface area contributed by atoms with E-state index >= 15 is 0 Å². The topological polar surface area (TPSA) is 57.4 Å². The van der Waals surface area contributed by atoms with Gasteiger partial charge in [-0.15, -0.1) is 11.3 Å². The number of ether oxygens (including phenoxy) is 2. The molecular formula is C20H28N2O2S. The summed E-state index contributed by atoms with van der Waals surface area (Å²) < 4.78 is 11.5. The van der Waals surface area contributed by atoms with Crippen LogP contribution in [0, 0.1) is 0 Å². The van der Waals surface area contributed by atoms with Gasteiger partial charge in [0.2, 0.25) is 0 Å². The first-order valence-corrected chi connectivity index (χ1v) is 9.89. The lowest BCUT2D eigenvalue weighted by atomic mass is 9.86. The molecule has 0 spiro atoms. The van der Waals surface area contributed by atoms with Crippen LogP contribution in [0.1, 0.15) is 68.2 Å². The molecule has 5 heteroatoms. The van der Waals surface area contributed by atoms with Gasteiger partial charge in [0.05, 0.1) is 25.5 Å². The number of anilines is 1. The lowest BCUT2D eigenvalue weighted by Gasteiger charge is -2.22. The quantitative estimate of drug-likeness (QED) is 0.756. The number of benzene rings is 1. The second-order valence-corrected chi connectivity index (χ2v) is 8.12. The summed E-state index contributed by atoms with van der Waals surface area (Å²) in [5.41, 5.74) is 9.18. The summed E-state index contributed by atoms with van der Waals surface area (Å²) in [4.78, 5) is 5.97. The van der Waals surface area contributed by atoms with E-state index in [0.717, 1.165) is 22.8 Å². The van der Waals surface area contributed by atoms with Gasteiger partial charge < -0.3 is 15.2 Å². The molecule has 0 radical (unpaired) electrons. The fourth-order valence-corrected chi connectivity index (χ4v) is 4.68. The summed E-state index contributed by atoms with van der Waals surface area (Å²) in [5, 5.41) is 0.618. The Morgan fingerprint density at radius 2 is 1.68 bits per heavy atom. The van der Waals surface area contributed by atoms with E-state index in [4.69, 9.17) is 15.2 Å². The molecule has 1 aliphatic carbocycles. The number of thiazole rings is 1. The molecule has 0 atom stereocenters.